The molecule has 148 valence electrons. The summed E-state index contributed by atoms with van der Waals surface area (Å²) in [5.74, 6) is 1.27. The molecular formula is C24H24N2O3. The van der Waals surface area contributed by atoms with Gasteiger partial charge in [-0.05, 0) is 59.5 Å². The Morgan fingerprint density at radius 1 is 1.03 bits per heavy atom. The lowest BCUT2D eigenvalue weighted by atomic mass is 9.97. The fraction of sp³-hybridized carbons (Fsp3) is 0.208. The highest BCUT2D eigenvalue weighted by atomic mass is 16.5. The number of rotatable bonds is 4. The van der Waals surface area contributed by atoms with Gasteiger partial charge in [-0.25, -0.2) is 0 Å². The van der Waals surface area contributed by atoms with Gasteiger partial charge in [0.1, 0.15) is 0 Å². The van der Waals surface area contributed by atoms with Gasteiger partial charge in [0.25, 0.3) is 5.91 Å². The van der Waals surface area contributed by atoms with Gasteiger partial charge in [-0.1, -0.05) is 30.4 Å². The summed E-state index contributed by atoms with van der Waals surface area (Å²) in [4.78, 5) is 14.8. The van der Waals surface area contributed by atoms with Crippen molar-refractivity contribution in [2.75, 3.05) is 27.3 Å². The Balaban J connectivity index is 1.68. The van der Waals surface area contributed by atoms with Crippen LogP contribution in [0.1, 0.15) is 12.0 Å². The highest BCUT2D eigenvalue weighted by Crippen LogP contribution is 2.33. The maximum Gasteiger partial charge on any atom is 0.255 e. The molecule has 1 aromatic carbocycles. The Morgan fingerprint density at radius 3 is 2.66 bits per heavy atom. The molecule has 0 unspecified atom stereocenters. The van der Waals surface area contributed by atoms with Crippen LogP contribution in [0.25, 0.3) is 5.57 Å². The standard InChI is InChI=1S/C24H24N2O3/c1-28-22-9-7-19(14-23(22)29-2)20-6-8-21-5-3-4-18(15-24(27)26(21)16-20)17-10-12-25-13-11-17/h3-10,14-16,25H,11-13H2,1-2H3/b4-3+,18-15+,21-5+. The van der Waals surface area contributed by atoms with E-state index < -0.39 is 0 Å². The van der Waals surface area contributed by atoms with Crippen molar-refractivity contribution < 1.29 is 14.3 Å². The van der Waals surface area contributed by atoms with Gasteiger partial charge in [0.15, 0.2) is 11.5 Å². The van der Waals surface area contributed by atoms with Crippen molar-refractivity contribution in [3.05, 3.63) is 89.3 Å². The summed E-state index contributed by atoms with van der Waals surface area (Å²) in [5.41, 5.74) is 4.90. The number of amides is 1. The van der Waals surface area contributed by atoms with Gasteiger partial charge in [0.2, 0.25) is 0 Å². The molecule has 0 aliphatic carbocycles. The van der Waals surface area contributed by atoms with Crippen LogP contribution in [0, 0.1) is 0 Å². The summed E-state index contributed by atoms with van der Waals surface area (Å²) in [7, 11) is 3.23. The highest BCUT2D eigenvalue weighted by molar-refractivity contribution is 5.95. The summed E-state index contributed by atoms with van der Waals surface area (Å²) in [6, 6.07) is 5.74. The number of hydrogen-bond donors (Lipinski definition) is 1. The Kier molecular flexibility index (Phi) is 5.49. The topological polar surface area (TPSA) is 50.8 Å². The first-order valence-corrected chi connectivity index (χ1v) is 9.65. The van der Waals surface area contributed by atoms with Crippen molar-refractivity contribution in [2.45, 2.75) is 6.42 Å². The van der Waals surface area contributed by atoms with Crippen molar-refractivity contribution in [1.29, 1.82) is 0 Å². The molecule has 0 radical (unpaired) electrons. The van der Waals surface area contributed by atoms with Crippen LogP contribution in [-0.2, 0) is 4.79 Å². The van der Waals surface area contributed by atoms with Crippen molar-refractivity contribution in [3.8, 4) is 11.5 Å². The van der Waals surface area contributed by atoms with Crippen LogP contribution in [0.4, 0.5) is 0 Å². The van der Waals surface area contributed by atoms with Gasteiger partial charge >= 0.3 is 0 Å². The highest BCUT2D eigenvalue weighted by Gasteiger charge is 2.20. The zero-order valence-electron chi connectivity index (χ0n) is 16.6. The number of carbonyl (C=O) groups excluding carboxylic acids is 1. The molecule has 0 bridgehead atoms. The quantitative estimate of drug-likeness (QED) is 0.854. The first kappa shape index (κ1) is 19.0. The molecule has 0 saturated heterocycles. The number of nitrogens with zero attached hydrogens (tertiary/aromatic N) is 1. The van der Waals surface area contributed by atoms with Gasteiger partial charge in [-0.15, -0.1) is 0 Å². The van der Waals surface area contributed by atoms with Crippen molar-refractivity contribution in [3.63, 3.8) is 0 Å². The molecule has 5 heteroatoms. The number of benzene rings is 1. The predicted octanol–water partition coefficient (Wildman–Crippen LogP) is 3.74. The molecule has 1 aromatic rings. The molecule has 1 N–H and O–H groups in total. The monoisotopic (exact) mass is 388 g/mol. The summed E-state index contributed by atoms with van der Waals surface area (Å²) >= 11 is 0. The van der Waals surface area contributed by atoms with Crippen LogP contribution in [-0.4, -0.2) is 38.1 Å². The number of methoxy groups -OCH3 is 2. The molecular weight excluding hydrogens is 364 g/mol. The zero-order chi connectivity index (χ0) is 20.2. The van der Waals surface area contributed by atoms with E-state index in [9.17, 15) is 4.79 Å². The Labute approximate surface area is 171 Å². The second kappa shape index (κ2) is 8.37. The fourth-order valence-electron chi connectivity index (χ4n) is 3.61. The van der Waals surface area contributed by atoms with Gasteiger partial charge in [0.05, 0.1) is 14.2 Å². The van der Waals surface area contributed by atoms with Gasteiger partial charge in [-0.3, -0.25) is 9.69 Å². The van der Waals surface area contributed by atoms with E-state index in [1.807, 2.05) is 54.8 Å². The minimum atomic E-state index is -0.0580. The number of nitrogens with one attached hydrogen (secondary N) is 1. The van der Waals surface area contributed by atoms with E-state index in [4.69, 9.17) is 9.47 Å². The van der Waals surface area contributed by atoms with E-state index in [1.165, 1.54) is 5.57 Å². The minimum Gasteiger partial charge on any atom is -0.493 e. The number of ether oxygens (including phenoxy) is 2. The molecule has 0 saturated carbocycles. The third-order valence-corrected chi connectivity index (χ3v) is 5.19. The molecule has 5 nitrogen and oxygen atoms in total. The molecule has 0 fully saturated rings. The van der Waals surface area contributed by atoms with E-state index in [1.54, 1.807) is 25.2 Å². The van der Waals surface area contributed by atoms with Gasteiger partial charge in [0, 0.05) is 24.5 Å². The smallest absolute Gasteiger partial charge is 0.255 e. The SMILES string of the molecule is COc1ccc(C2=CN3C(=O)\C=C(C4=CCNCC4)/C=C/C=C/3C=C2)cc1OC. The normalized spacial score (nSPS) is 23.4. The van der Waals surface area contributed by atoms with Gasteiger partial charge < -0.3 is 14.8 Å². The minimum absolute atomic E-state index is 0.0580. The van der Waals surface area contributed by atoms with Crippen LogP contribution in [0.3, 0.4) is 0 Å². The van der Waals surface area contributed by atoms with Crippen molar-refractivity contribution in [2.24, 2.45) is 0 Å². The fourth-order valence-corrected chi connectivity index (χ4v) is 3.61. The lowest BCUT2D eigenvalue weighted by Crippen LogP contribution is -2.26. The van der Waals surface area contributed by atoms with E-state index in [0.29, 0.717) is 11.5 Å². The van der Waals surface area contributed by atoms with Crippen LogP contribution in [0.15, 0.2) is 83.8 Å². The van der Waals surface area contributed by atoms with Crippen LogP contribution < -0.4 is 14.8 Å². The number of allylic oxidation sites excluding steroid dienone is 7. The van der Waals surface area contributed by atoms with E-state index >= 15 is 0 Å². The third kappa shape index (κ3) is 3.96. The Hall–Kier alpha value is -3.31. The number of carbonyl (C=O) groups is 1. The average molecular weight is 388 g/mol. The largest absolute Gasteiger partial charge is 0.493 e. The number of hydrogen-bond acceptors (Lipinski definition) is 4. The summed E-state index contributed by atoms with van der Waals surface area (Å²) in [6.07, 6.45) is 16.6. The van der Waals surface area contributed by atoms with Crippen molar-refractivity contribution in [1.82, 2.24) is 10.2 Å². The molecule has 3 aliphatic heterocycles. The molecule has 3 heterocycles. The maximum atomic E-state index is 13.1. The predicted molar refractivity (Wildman–Crippen MR) is 114 cm³/mol. The summed E-state index contributed by atoms with van der Waals surface area (Å²) in [6.45, 7) is 1.77. The zero-order valence-corrected chi connectivity index (χ0v) is 16.6. The molecule has 0 aromatic heterocycles. The Bertz CT molecular complexity index is 1010. The maximum absolute atomic E-state index is 13.1. The lowest BCUT2D eigenvalue weighted by molar-refractivity contribution is -0.122. The number of fused-ring (bicyclic) bond motifs is 1. The first-order valence-electron chi connectivity index (χ1n) is 9.65. The second-order valence-corrected chi connectivity index (χ2v) is 6.93. The summed E-state index contributed by atoms with van der Waals surface area (Å²) in [5, 5.41) is 3.31. The molecule has 0 spiro atoms. The van der Waals surface area contributed by atoms with Gasteiger partial charge in [-0.2, -0.15) is 0 Å². The van der Waals surface area contributed by atoms with Crippen LogP contribution in [0.5, 0.6) is 11.5 Å². The molecule has 3 aliphatic rings. The average Bonchev–Trinajstić information content (AvgIpc) is 2.77. The van der Waals surface area contributed by atoms with E-state index in [2.05, 4.69) is 11.4 Å². The molecule has 0 atom stereocenters. The molecule has 1 amide bonds. The van der Waals surface area contributed by atoms with Crippen LogP contribution >= 0.6 is 0 Å². The lowest BCUT2D eigenvalue weighted by Gasteiger charge is -2.25. The van der Waals surface area contributed by atoms with E-state index in [-0.39, 0.29) is 5.91 Å². The van der Waals surface area contributed by atoms with E-state index in [0.717, 1.165) is 41.9 Å². The van der Waals surface area contributed by atoms with Crippen LogP contribution in [0.2, 0.25) is 0 Å². The second-order valence-electron chi connectivity index (χ2n) is 6.93. The first-order chi connectivity index (χ1) is 14.2. The third-order valence-electron chi connectivity index (χ3n) is 5.19. The Morgan fingerprint density at radius 2 is 1.90 bits per heavy atom. The molecule has 4 rings (SSSR count). The van der Waals surface area contributed by atoms with Crippen molar-refractivity contribution >= 4 is 11.5 Å². The summed E-state index contributed by atoms with van der Waals surface area (Å²) < 4.78 is 10.7. The molecule has 29 heavy (non-hydrogen) atoms.